The zero-order chi connectivity index (χ0) is 15.4. The number of benzene rings is 2. The zero-order valence-electron chi connectivity index (χ0n) is 11.7. The van der Waals surface area contributed by atoms with Gasteiger partial charge in [-0.15, -0.1) is 0 Å². The average Bonchev–Trinajstić information content (AvgIpc) is 2.48. The minimum atomic E-state index is -0.456. The van der Waals surface area contributed by atoms with Crippen LogP contribution in [-0.2, 0) is 6.61 Å². The summed E-state index contributed by atoms with van der Waals surface area (Å²) >= 11 is 0. The molecule has 0 bridgehead atoms. The van der Waals surface area contributed by atoms with Crippen molar-refractivity contribution < 1.29 is 18.7 Å². The molecule has 0 aliphatic rings. The van der Waals surface area contributed by atoms with Crippen LogP contribution in [0.25, 0.3) is 0 Å². The molecule has 5 heteroatoms. The van der Waals surface area contributed by atoms with Gasteiger partial charge in [0.15, 0.2) is 0 Å². The van der Waals surface area contributed by atoms with Crippen LogP contribution in [0, 0.1) is 18.6 Å². The van der Waals surface area contributed by atoms with Gasteiger partial charge >= 0.3 is 0 Å². The maximum absolute atomic E-state index is 13.3. The predicted molar refractivity (Wildman–Crippen MR) is 75.9 cm³/mol. The summed E-state index contributed by atoms with van der Waals surface area (Å²) in [5.41, 5.74) is 2.18. The lowest BCUT2D eigenvalue weighted by molar-refractivity contribution is 0.301. The van der Waals surface area contributed by atoms with E-state index < -0.39 is 5.82 Å². The molecule has 0 unspecified atom stereocenters. The topological polar surface area (TPSA) is 41.8 Å². The molecular weight excluding hydrogens is 276 g/mol. The largest absolute Gasteiger partial charge is 0.488 e. The predicted octanol–water partition coefficient (Wildman–Crippen LogP) is 4.05. The second kappa shape index (κ2) is 6.35. The molecule has 0 aliphatic carbocycles. The first-order valence-corrected chi connectivity index (χ1v) is 6.37. The molecule has 0 heterocycles. The van der Waals surface area contributed by atoms with E-state index in [4.69, 9.17) is 9.94 Å². The average molecular weight is 291 g/mol. The van der Waals surface area contributed by atoms with Crippen molar-refractivity contribution in [2.75, 3.05) is 0 Å². The fourth-order valence-corrected chi connectivity index (χ4v) is 1.92. The van der Waals surface area contributed by atoms with Crippen molar-refractivity contribution >= 4 is 5.71 Å². The van der Waals surface area contributed by atoms with E-state index in [-0.39, 0.29) is 18.1 Å². The number of nitrogens with zero attached hydrogens (tertiary/aromatic N) is 1. The number of halogens is 2. The molecule has 1 N–H and O–H groups in total. The van der Waals surface area contributed by atoms with Crippen molar-refractivity contribution in [3.8, 4) is 5.75 Å². The summed E-state index contributed by atoms with van der Waals surface area (Å²) in [7, 11) is 0. The van der Waals surface area contributed by atoms with Crippen LogP contribution in [0.15, 0.2) is 41.6 Å². The van der Waals surface area contributed by atoms with Gasteiger partial charge in [-0.3, -0.25) is 0 Å². The van der Waals surface area contributed by atoms with Gasteiger partial charge in [0.05, 0.1) is 5.71 Å². The number of hydrogen-bond donors (Lipinski definition) is 1. The molecule has 0 atom stereocenters. The van der Waals surface area contributed by atoms with Crippen molar-refractivity contribution in [2.45, 2.75) is 20.5 Å². The second-order valence-electron chi connectivity index (χ2n) is 4.69. The summed E-state index contributed by atoms with van der Waals surface area (Å²) in [5, 5.41) is 11.9. The van der Waals surface area contributed by atoms with Gasteiger partial charge in [0.2, 0.25) is 0 Å². The molecule has 0 aromatic heterocycles. The molecule has 0 saturated carbocycles. The minimum absolute atomic E-state index is 0.140. The van der Waals surface area contributed by atoms with Crippen LogP contribution in [0.4, 0.5) is 8.78 Å². The van der Waals surface area contributed by atoms with E-state index >= 15 is 0 Å². The van der Waals surface area contributed by atoms with Crippen LogP contribution < -0.4 is 4.74 Å². The number of oxime groups is 1. The summed E-state index contributed by atoms with van der Waals surface area (Å²) in [6, 6.07) is 8.37. The molecule has 0 aliphatic heterocycles. The highest BCUT2D eigenvalue weighted by atomic mass is 19.1. The van der Waals surface area contributed by atoms with Crippen molar-refractivity contribution in [2.24, 2.45) is 5.16 Å². The normalized spacial score (nSPS) is 11.5. The van der Waals surface area contributed by atoms with Crippen LogP contribution in [0.3, 0.4) is 0 Å². The zero-order valence-corrected chi connectivity index (χ0v) is 11.7. The Hall–Kier alpha value is -2.43. The van der Waals surface area contributed by atoms with Gasteiger partial charge in [-0.1, -0.05) is 11.2 Å². The third-order valence-electron chi connectivity index (χ3n) is 3.18. The third-order valence-corrected chi connectivity index (χ3v) is 3.18. The van der Waals surface area contributed by atoms with E-state index in [1.54, 1.807) is 6.07 Å². The van der Waals surface area contributed by atoms with Crippen molar-refractivity contribution in [3.63, 3.8) is 0 Å². The fraction of sp³-hybridized carbons (Fsp3) is 0.188. The van der Waals surface area contributed by atoms with Gasteiger partial charge in [0, 0.05) is 5.56 Å². The first-order chi connectivity index (χ1) is 10.0. The summed E-state index contributed by atoms with van der Waals surface area (Å²) in [6.45, 7) is 3.53. The lowest BCUT2D eigenvalue weighted by Crippen LogP contribution is -2.04. The summed E-state index contributed by atoms with van der Waals surface area (Å²) < 4.78 is 32.1. The van der Waals surface area contributed by atoms with Gasteiger partial charge in [0.25, 0.3) is 0 Å². The molecule has 2 aromatic carbocycles. The lowest BCUT2D eigenvalue weighted by Gasteiger charge is -2.12. The Morgan fingerprint density at radius 2 is 1.81 bits per heavy atom. The van der Waals surface area contributed by atoms with Crippen molar-refractivity contribution in [3.05, 3.63) is 64.7 Å². The Labute approximate surface area is 121 Å². The van der Waals surface area contributed by atoms with E-state index in [1.807, 2.05) is 6.92 Å². The molecule has 2 rings (SSSR count). The van der Waals surface area contributed by atoms with E-state index in [0.717, 1.165) is 5.56 Å². The Morgan fingerprint density at radius 3 is 2.52 bits per heavy atom. The van der Waals surface area contributed by atoms with Crippen molar-refractivity contribution in [1.82, 2.24) is 0 Å². The van der Waals surface area contributed by atoms with Crippen LogP contribution in [0.2, 0.25) is 0 Å². The quantitative estimate of drug-likeness (QED) is 0.524. The van der Waals surface area contributed by atoms with Crippen LogP contribution in [0.1, 0.15) is 23.6 Å². The van der Waals surface area contributed by atoms with Gasteiger partial charge in [-0.2, -0.15) is 0 Å². The first-order valence-electron chi connectivity index (χ1n) is 6.37. The highest BCUT2D eigenvalue weighted by Crippen LogP contribution is 2.22. The highest BCUT2D eigenvalue weighted by Gasteiger charge is 2.10. The van der Waals surface area contributed by atoms with Crippen LogP contribution in [-0.4, -0.2) is 10.9 Å². The Balaban J connectivity index is 2.26. The Bertz CT molecular complexity index is 684. The molecule has 0 spiro atoms. The third kappa shape index (κ3) is 3.56. The van der Waals surface area contributed by atoms with Crippen molar-refractivity contribution in [1.29, 1.82) is 0 Å². The van der Waals surface area contributed by atoms with Gasteiger partial charge in [-0.05, 0) is 55.3 Å². The number of ether oxygens (including phenoxy) is 1. The van der Waals surface area contributed by atoms with E-state index in [1.165, 1.54) is 37.3 Å². The fourth-order valence-electron chi connectivity index (χ4n) is 1.92. The van der Waals surface area contributed by atoms with Crippen LogP contribution in [0.5, 0.6) is 5.75 Å². The van der Waals surface area contributed by atoms with E-state index in [0.29, 0.717) is 16.9 Å². The van der Waals surface area contributed by atoms with Gasteiger partial charge in [-0.25, -0.2) is 8.78 Å². The number of rotatable bonds is 4. The molecule has 3 nitrogen and oxygen atoms in total. The molecule has 2 aromatic rings. The molecular formula is C16H15F2NO2. The minimum Gasteiger partial charge on any atom is -0.488 e. The lowest BCUT2D eigenvalue weighted by atomic mass is 10.1. The summed E-state index contributed by atoms with van der Waals surface area (Å²) in [4.78, 5) is 0. The SMILES string of the molecule is C/C(=N/O)c1cc(F)ccc1OCc1cc(F)ccc1C. The second-order valence-corrected chi connectivity index (χ2v) is 4.69. The van der Waals surface area contributed by atoms with Crippen LogP contribution >= 0.6 is 0 Å². The maximum Gasteiger partial charge on any atom is 0.129 e. The standard InChI is InChI=1S/C16H15F2NO2/c1-10-3-4-13(17)7-12(10)9-21-16-6-5-14(18)8-15(16)11(2)19-20/h3-8,20H,9H2,1-2H3/b19-11-. The van der Waals surface area contributed by atoms with E-state index in [9.17, 15) is 8.78 Å². The molecule has 110 valence electrons. The maximum atomic E-state index is 13.3. The Morgan fingerprint density at radius 1 is 1.14 bits per heavy atom. The highest BCUT2D eigenvalue weighted by molar-refractivity contribution is 6.00. The molecule has 0 amide bonds. The first kappa shape index (κ1) is 15.0. The number of aryl methyl sites for hydroxylation is 1. The van der Waals surface area contributed by atoms with E-state index in [2.05, 4.69) is 5.16 Å². The molecule has 0 radical (unpaired) electrons. The molecule has 0 saturated heterocycles. The molecule has 0 fully saturated rings. The van der Waals surface area contributed by atoms with Gasteiger partial charge < -0.3 is 9.94 Å². The summed E-state index contributed by atoms with van der Waals surface area (Å²) in [5.74, 6) is -0.427. The smallest absolute Gasteiger partial charge is 0.129 e. The monoisotopic (exact) mass is 291 g/mol. The summed E-state index contributed by atoms with van der Waals surface area (Å²) in [6.07, 6.45) is 0. The number of hydrogen-bond acceptors (Lipinski definition) is 3. The van der Waals surface area contributed by atoms with Gasteiger partial charge in [0.1, 0.15) is 24.0 Å². The molecule has 21 heavy (non-hydrogen) atoms. The Kier molecular flexibility index (Phi) is 4.52.